The van der Waals surface area contributed by atoms with Crippen LogP contribution in [0.25, 0.3) is 10.9 Å². The minimum Gasteiger partial charge on any atom is -0.497 e. The van der Waals surface area contributed by atoms with Crippen molar-refractivity contribution in [3.8, 4) is 5.75 Å². The van der Waals surface area contributed by atoms with Crippen LogP contribution >= 0.6 is 22.6 Å². The van der Waals surface area contributed by atoms with Gasteiger partial charge >= 0.3 is 0 Å². The maximum absolute atomic E-state index is 5.25. The predicted octanol–water partition coefficient (Wildman–Crippen LogP) is 3.13. The van der Waals surface area contributed by atoms with Gasteiger partial charge in [0, 0.05) is 30.3 Å². The number of fused-ring (bicyclic) bond motifs is 1. The van der Waals surface area contributed by atoms with E-state index in [0.717, 1.165) is 31.6 Å². The SMILES string of the molecule is CNc1nc2cc(OC)ccc2cc1Cn1cc(I)cn1. The Morgan fingerprint density at radius 1 is 1.33 bits per heavy atom. The summed E-state index contributed by atoms with van der Waals surface area (Å²) in [6.45, 7) is 0.689. The maximum Gasteiger partial charge on any atom is 0.131 e. The van der Waals surface area contributed by atoms with E-state index in [-0.39, 0.29) is 0 Å². The molecule has 1 aromatic carbocycles. The third-order valence-electron chi connectivity index (χ3n) is 3.27. The summed E-state index contributed by atoms with van der Waals surface area (Å²) in [6, 6.07) is 8.06. The van der Waals surface area contributed by atoms with Gasteiger partial charge in [0.15, 0.2) is 0 Å². The Bertz CT molecular complexity index is 784. The van der Waals surface area contributed by atoms with Gasteiger partial charge in [0.2, 0.25) is 0 Å². The molecule has 0 amide bonds. The quantitative estimate of drug-likeness (QED) is 0.691. The number of hydrogen-bond acceptors (Lipinski definition) is 4. The minimum atomic E-state index is 0.689. The molecule has 0 spiro atoms. The van der Waals surface area contributed by atoms with E-state index in [1.54, 1.807) is 7.11 Å². The molecule has 0 aliphatic rings. The van der Waals surface area contributed by atoms with E-state index in [1.807, 2.05) is 42.3 Å². The zero-order valence-corrected chi connectivity index (χ0v) is 14.0. The molecule has 0 aliphatic carbocycles. The van der Waals surface area contributed by atoms with Crippen molar-refractivity contribution in [3.63, 3.8) is 0 Å². The summed E-state index contributed by atoms with van der Waals surface area (Å²) in [5.74, 6) is 1.67. The van der Waals surface area contributed by atoms with Crippen LogP contribution in [-0.2, 0) is 6.54 Å². The van der Waals surface area contributed by atoms with Gasteiger partial charge in [0.25, 0.3) is 0 Å². The second-order valence-corrected chi connectivity index (χ2v) is 5.91. The predicted molar refractivity (Wildman–Crippen MR) is 91.9 cm³/mol. The van der Waals surface area contributed by atoms with E-state index < -0.39 is 0 Å². The topological polar surface area (TPSA) is 52.0 Å². The highest BCUT2D eigenvalue weighted by atomic mass is 127. The minimum absolute atomic E-state index is 0.689. The van der Waals surface area contributed by atoms with Crippen molar-refractivity contribution in [3.05, 3.63) is 45.8 Å². The molecule has 5 nitrogen and oxygen atoms in total. The monoisotopic (exact) mass is 394 g/mol. The summed E-state index contributed by atoms with van der Waals surface area (Å²) in [5.41, 5.74) is 2.02. The summed E-state index contributed by atoms with van der Waals surface area (Å²) < 4.78 is 8.28. The van der Waals surface area contributed by atoms with Crippen molar-refractivity contribution < 1.29 is 4.74 Å². The van der Waals surface area contributed by atoms with Crippen molar-refractivity contribution in [2.24, 2.45) is 0 Å². The molecule has 3 aromatic rings. The normalized spacial score (nSPS) is 10.8. The maximum atomic E-state index is 5.25. The molecular formula is C15H15IN4O. The van der Waals surface area contributed by atoms with Gasteiger partial charge in [0.05, 0.1) is 28.9 Å². The molecule has 0 bridgehead atoms. The molecule has 1 N–H and O–H groups in total. The van der Waals surface area contributed by atoms with E-state index in [1.165, 1.54) is 0 Å². The van der Waals surface area contributed by atoms with Gasteiger partial charge in [-0.1, -0.05) is 0 Å². The van der Waals surface area contributed by atoms with Crippen LogP contribution in [0.5, 0.6) is 5.75 Å². The zero-order chi connectivity index (χ0) is 14.8. The van der Waals surface area contributed by atoms with E-state index in [0.29, 0.717) is 6.54 Å². The van der Waals surface area contributed by atoms with Crippen LogP contribution in [0.2, 0.25) is 0 Å². The lowest BCUT2D eigenvalue weighted by Crippen LogP contribution is -2.05. The summed E-state index contributed by atoms with van der Waals surface area (Å²) in [6.07, 6.45) is 3.86. The molecule has 0 aliphatic heterocycles. The molecule has 0 fully saturated rings. The van der Waals surface area contributed by atoms with Crippen LogP contribution < -0.4 is 10.1 Å². The first-order valence-electron chi connectivity index (χ1n) is 6.53. The van der Waals surface area contributed by atoms with Gasteiger partial charge in [-0.25, -0.2) is 4.98 Å². The summed E-state index contributed by atoms with van der Waals surface area (Å²) in [4.78, 5) is 4.67. The lowest BCUT2D eigenvalue weighted by atomic mass is 10.1. The Labute approximate surface area is 136 Å². The number of rotatable bonds is 4. The molecule has 0 saturated heterocycles. The summed E-state index contributed by atoms with van der Waals surface area (Å²) in [5, 5.41) is 8.57. The van der Waals surface area contributed by atoms with Crippen molar-refractivity contribution in [1.29, 1.82) is 0 Å². The number of anilines is 1. The lowest BCUT2D eigenvalue weighted by molar-refractivity contribution is 0.415. The van der Waals surface area contributed by atoms with E-state index in [4.69, 9.17) is 4.74 Å². The Kier molecular flexibility index (Phi) is 3.96. The highest BCUT2D eigenvalue weighted by molar-refractivity contribution is 14.1. The Balaban J connectivity index is 2.04. The van der Waals surface area contributed by atoms with Crippen LogP contribution in [0.4, 0.5) is 5.82 Å². The fourth-order valence-corrected chi connectivity index (χ4v) is 2.70. The summed E-state index contributed by atoms with van der Waals surface area (Å²) >= 11 is 2.25. The van der Waals surface area contributed by atoms with Crippen LogP contribution in [0, 0.1) is 3.57 Å². The molecule has 108 valence electrons. The summed E-state index contributed by atoms with van der Waals surface area (Å²) in [7, 11) is 3.54. The highest BCUT2D eigenvalue weighted by Gasteiger charge is 2.08. The third-order valence-corrected chi connectivity index (χ3v) is 3.83. The molecule has 0 atom stereocenters. The first kappa shape index (κ1) is 14.1. The van der Waals surface area contributed by atoms with Crippen molar-refractivity contribution in [2.75, 3.05) is 19.5 Å². The number of nitrogens with zero attached hydrogens (tertiary/aromatic N) is 3. The fourth-order valence-electron chi connectivity index (χ4n) is 2.25. The molecular weight excluding hydrogens is 379 g/mol. The van der Waals surface area contributed by atoms with Crippen LogP contribution in [0.1, 0.15) is 5.56 Å². The number of halogens is 1. The largest absolute Gasteiger partial charge is 0.497 e. The second-order valence-electron chi connectivity index (χ2n) is 4.66. The lowest BCUT2D eigenvalue weighted by Gasteiger charge is -2.11. The molecule has 0 unspecified atom stereocenters. The second kappa shape index (κ2) is 5.88. The Morgan fingerprint density at radius 2 is 2.19 bits per heavy atom. The van der Waals surface area contributed by atoms with E-state index in [9.17, 15) is 0 Å². The van der Waals surface area contributed by atoms with Crippen molar-refractivity contribution in [2.45, 2.75) is 6.54 Å². The van der Waals surface area contributed by atoms with Gasteiger partial charge in [-0.15, -0.1) is 0 Å². The molecule has 2 heterocycles. The Morgan fingerprint density at radius 3 is 2.86 bits per heavy atom. The van der Waals surface area contributed by atoms with E-state index in [2.05, 4.69) is 44.1 Å². The smallest absolute Gasteiger partial charge is 0.131 e. The molecule has 3 rings (SSSR count). The number of methoxy groups -OCH3 is 1. The zero-order valence-electron chi connectivity index (χ0n) is 11.8. The average Bonchev–Trinajstić information content (AvgIpc) is 2.91. The Hall–Kier alpha value is -1.83. The first-order chi connectivity index (χ1) is 10.2. The van der Waals surface area contributed by atoms with Crippen LogP contribution in [-0.4, -0.2) is 28.9 Å². The average molecular weight is 394 g/mol. The third kappa shape index (κ3) is 2.94. The van der Waals surface area contributed by atoms with Crippen molar-refractivity contribution in [1.82, 2.24) is 14.8 Å². The number of hydrogen-bond donors (Lipinski definition) is 1. The van der Waals surface area contributed by atoms with Gasteiger partial charge in [0.1, 0.15) is 11.6 Å². The standard InChI is InChI=1S/C15H15IN4O/c1-17-15-11(8-20-9-12(16)7-18-20)5-10-3-4-13(21-2)6-14(10)19-15/h3-7,9H,8H2,1-2H3,(H,17,19). The van der Waals surface area contributed by atoms with Crippen LogP contribution in [0.15, 0.2) is 36.7 Å². The number of ether oxygens (including phenoxy) is 1. The molecule has 6 heteroatoms. The van der Waals surface area contributed by atoms with E-state index >= 15 is 0 Å². The van der Waals surface area contributed by atoms with Gasteiger partial charge in [-0.2, -0.15) is 5.10 Å². The molecule has 21 heavy (non-hydrogen) atoms. The highest BCUT2D eigenvalue weighted by Crippen LogP contribution is 2.24. The number of aromatic nitrogens is 3. The number of pyridine rings is 1. The molecule has 2 aromatic heterocycles. The van der Waals surface area contributed by atoms with Gasteiger partial charge in [-0.3, -0.25) is 4.68 Å². The molecule has 0 radical (unpaired) electrons. The van der Waals surface area contributed by atoms with Crippen LogP contribution in [0.3, 0.4) is 0 Å². The fraction of sp³-hybridized carbons (Fsp3) is 0.200. The van der Waals surface area contributed by atoms with Crippen molar-refractivity contribution >= 4 is 39.3 Å². The number of nitrogens with one attached hydrogen (secondary N) is 1. The molecule has 0 saturated carbocycles. The van der Waals surface area contributed by atoms with Gasteiger partial charge < -0.3 is 10.1 Å². The number of benzene rings is 1. The first-order valence-corrected chi connectivity index (χ1v) is 7.61. The van der Waals surface area contributed by atoms with Gasteiger partial charge in [-0.05, 0) is 40.8 Å².